The van der Waals surface area contributed by atoms with Crippen molar-refractivity contribution in [2.24, 2.45) is 0 Å². The van der Waals surface area contributed by atoms with Crippen LogP contribution in [-0.2, 0) is 0 Å². The van der Waals surface area contributed by atoms with Crippen LogP contribution >= 0.6 is 0 Å². The first kappa shape index (κ1) is 13.9. The summed E-state index contributed by atoms with van der Waals surface area (Å²) in [5.74, 6) is 0.784. The minimum Gasteiger partial charge on any atom is -0.391 e. The molecule has 1 N–H and O–H groups in total. The van der Waals surface area contributed by atoms with Crippen LogP contribution in [0.4, 0.5) is 4.79 Å². The molecule has 5 heteroatoms. The summed E-state index contributed by atoms with van der Waals surface area (Å²) in [7, 11) is 0. The highest BCUT2D eigenvalue weighted by Gasteiger charge is 2.19. The molecule has 1 amide bonds. The summed E-state index contributed by atoms with van der Waals surface area (Å²) in [6.07, 6.45) is 6.72. The highest BCUT2D eigenvalue weighted by atomic mass is 16.6. The highest BCUT2D eigenvalue weighted by Crippen LogP contribution is 2.27. The molecule has 0 atom stereocenters. The first-order valence-electron chi connectivity index (χ1n) is 7.59. The molecular formula is C16H21N3O2. The molecule has 0 bridgehead atoms. The van der Waals surface area contributed by atoms with E-state index in [1.807, 2.05) is 12.3 Å². The fourth-order valence-corrected chi connectivity index (χ4v) is 2.79. The van der Waals surface area contributed by atoms with Crippen molar-refractivity contribution in [1.82, 2.24) is 14.9 Å². The summed E-state index contributed by atoms with van der Waals surface area (Å²) in [6, 6.07) is 1.85. The number of nitrogens with one attached hydrogen (secondary N) is 1. The fraction of sp³-hybridized carbons (Fsp3) is 0.500. The van der Waals surface area contributed by atoms with Gasteiger partial charge in [-0.3, -0.25) is 0 Å². The molecule has 1 aliphatic rings. The van der Waals surface area contributed by atoms with Crippen molar-refractivity contribution in [2.75, 3.05) is 13.1 Å². The van der Waals surface area contributed by atoms with Gasteiger partial charge in [0.15, 0.2) is 0 Å². The van der Waals surface area contributed by atoms with Gasteiger partial charge in [-0.05, 0) is 30.7 Å². The van der Waals surface area contributed by atoms with Gasteiger partial charge in [0.25, 0.3) is 0 Å². The molecule has 3 heterocycles. The monoisotopic (exact) mass is 287 g/mol. The molecule has 5 nitrogen and oxygen atoms in total. The number of carbonyl (C=O) groups excluding carboxylic acids is 1. The lowest BCUT2D eigenvalue weighted by molar-refractivity contribution is 0.141. The zero-order valence-corrected chi connectivity index (χ0v) is 12.6. The second kappa shape index (κ2) is 5.76. The van der Waals surface area contributed by atoms with Gasteiger partial charge in [0.05, 0.1) is 11.7 Å². The van der Waals surface area contributed by atoms with Gasteiger partial charge >= 0.3 is 6.09 Å². The minimum absolute atomic E-state index is 0.289. The van der Waals surface area contributed by atoms with Crippen LogP contribution in [0.25, 0.3) is 10.9 Å². The summed E-state index contributed by atoms with van der Waals surface area (Å²) in [4.78, 5) is 21.3. The maximum absolute atomic E-state index is 12.1. The van der Waals surface area contributed by atoms with Crippen LogP contribution in [0.2, 0.25) is 0 Å². The van der Waals surface area contributed by atoms with Crippen molar-refractivity contribution in [3.05, 3.63) is 24.0 Å². The molecule has 21 heavy (non-hydrogen) atoms. The summed E-state index contributed by atoms with van der Waals surface area (Å²) in [6.45, 7) is 5.84. The Labute approximate surface area is 124 Å². The Hall–Kier alpha value is -2.04. The molecule has 1 saturated heterocycles. The molecule has 0 aromatic carbocycles. The predicted octanol–water partition coefficient (Wildman–Crippen LogP) is 3.67. The van der Waals surface area contributed by atoms with E-state index in [0.717, 1.165) is 36.8 Å². The molecule has 2 aromatic rings. The Bertz CT molecular complexity index is 642. The van der Waals surface area contributed by atoms with Crippen LogP contribution in [0.1, 0.15) is 44.6 Å². The zero-order valence-electron chi connectivity index (χ0n) is 12.6. The van der Waals surface area contributed by atoms with Crippen molar-refractivity contribution in [3.63, 3.8) is 0 Å². The van der Waals surface area contributed by atoms with Crippen LogP contribution in [0.5, 0.6) is 5.88 Å². The van der Waals surface area contributed by atoms with E-state index in [-0.39, 0.29) is 6.09 Å². The van der Waals surface area contributed by atoms with Crippen molar-refractivity contribution in [3.8, 4) is 5.88 Å². The predicted molar refractivity (Wildman–Crippen MR) is 81.6 cm³/mol. The molecule has 0 aliphatic carbocycles. The normalized spacial score (nSPS) is 15.7. The van der Waals surface area contributed by atoms with E-state index in [0.29, 0.717) is 11.8 Å². The maximum atomic E-state index is 12.1. The second-order valence-electron chi connectivity index (χ2n) is 5.88. The third-order valence-corrected chi connectivity index (χ3v) is 4.00. The Kier molecular flexibility index (Phi) is 3.82. The average molecular weight is 287 g/mol. The Morgan fingerprint density at radius 1 is 1.33 bits per heavy atom. The van der Waals surface area contributed by atoms with Crippen molar-refractivity contribution >= 4 is 17.0 Å². The number of piperidine rings is 1. The number of aromatic nitrogens is 2. The lowest BCUT2D eigenvalue weighted by Crippen LogP contribution is -2.37. The topological polar surface area (TPSA) is 58.2 Å². The number of ether oxygens (including phenoxy) is 1. The number of fused-ring (bicyclic) bond motifs is 1. The molecule has 112 valence electrons. The van der Waals surface area contributed by atoms with E-state index in [4.69, 9.17) is 4.74 Å². The Morgan fingerprint density at radius 3 is 2.81 bits per heavy atom. The smallest absolute Gasteiger partial charge is 0.391 e. The molecule has 0 unspecified atom stereocenters. The van der Waals surface area contributed by atoms with Gasteiger partial charge in [0.1, 0.15) is 0 Å². The number of likely N-dealkylation sites (tertiary alicyclic amines) is 1. The SMILES string of the molecule is CC(C)c1c[nH]c2cnc(OC(=O)N3CCCCC3)cc12. The van der Waals surface area contributed by atoms with Crippen LogP contribution in [-0.4, -0.2) is 34.1 Å². The fourth-order valence-electron chi connectivity index (χ4n) is 2.79. The molecule has 1 aliphatic heterocycles. The first-order valence-corrected chi connectivity index (χ1v) is 7.59. The largest absolute Gasteiger partial charge is 0.416 e. The number of rotatable bonds is 2. The third kappa shape index (κ3) is 2.86. The van der Waals surface area contributed by atoms with Gasteiger partial charge in [-0.1, -0.05) is 13.8 Å². The molecule has 3 rings (SSSR count). The second-order valence-corrected chi connectivity index (χ2v) is 5.88. The van der Waals surface area contributed by atoms with Crippen molar-refractivity contribution < 1.29 is 9.53 Å². The van der Waals surface area contributed by atoms with Crippen LogP contribution < -0.4 is 4.74 Å². The number of aromatic amines is 1. The van der Waals surface area contributed by atoms with E-state index in [9.17, 15) is 4.79 Å². The quantitative estimate of drug-likeness (QED) is 0.916. The number of nitrogens with zero attached hydrogens (tertiary/aromatic N) is 2. The van der Waals surface area contributed by atoms with Gasteiger partial charge in [-0.15, -0.1) is 0 Å². The number of H-pyrrole nitrogens is 1. The maximum Gasteiger partial charge on any atom is 0.416 e. The van der Waals surface area contributed by atoms with Gasteiger partial charge in [0.2, 0.25) is 5.88 Å². The molecule has 0 saturated carbocycles. The number of carbonyl (C=O) groups is 1. The van der Waals surface area contributed by atoms with Gasteiger partial charge in [-0.25, -0.2) is 9.78 Å². The van der Waals surface area contributed by atoms with E-state index in [1.165, 1.54) is 12.0 Å². The first-order chi connectivity index (χ1) is 10.1. The van der Waals surface area contributed by atoms with Crippen molar-refractivity contribution in [2.45, 2.75) is 39.0 Å². The zero-order chi connectivity index (χ0) is 14.8. The minimum atomic E-state index is -0.289. The summed E-state index contributed by atoms with van der Waals surface area (Å²) >= 11 is 0. The number of hydrogen-bond donors (Lipinski definition) is 1. The van der Waals surface area contributed by atoms with Crippen LogP contribution in [0, 0.1) is 0 Å². The lowest BCUT2D eigenvalue weighted by atomic mass is 10.0. The van der Waals surface area contributed by atoms with E-state index < -0.39 is 0 Å². The number of pyridine rings is 1. The van der Waals surface area contributed by atoms with Gasteiger partial charge < -0.3 is 14.6 Å². The van der Waals surface area contributed by atoms with Gasteiger partial charge in [-0.2, -0.15) is 0 Å². The number of amides is 1. The Morgan fingerprint density at radius 2 is 2.10 bits per heavy atom. The molecular weight excluding hydrogens is 266 g/mol. The molecule has 0 spiro atoms. The average Bonchev–Trinajstić information content (AvgIpc) is 2.91. The third-order valence-electron chi connectivity index (χ3n) is 4.00. The Balaban J connectivity index is 1.80. The molecule has 2 aromatic heterocycles. The van der Waals surface area contributed by atoms with E-state index >= 15 is 0 Å². The number of hydrogen-bond acceptors (Lipinski definition) is 3. The summed E-state index contributed by atoms with van der Waals surface area (Å²) in [5.41, 5.74) is 2.18. The van der Waals surface area contributed by atoms with E-state index in [2.05, 4.69) is 23.8 Å². The van der Waals surface area contributed by atoms with Gasteiger partial charge in [0, 0.05) is 30.7 Å². The lowest BCUT2D eigenvalue weighted by Gasteiger charge is -2.25. The summed E-state index contributed by atoms with van der Waals surface area (Å²) in [5, 5.41) is 1.07. The standard InChI is InChI=1S/C16H21N3O2/c1-11(2)13-9-17-14-10-18-15(8-12(13)14)21-16(20)19-6-4-3-5-7-19/h8-11,17H,3-7H2,1-2H3. The van der Waals surface area contributed by atoms with Crippen LogP contribution in [0.3, 0.4) is 0 Å². The van der Waals surface area contributed by atoms with E-state index in [1.54, 1.807) is 11.1 Å². The molecule has 1 fully saturated rings. The highest BCUT2D eigenvalue weighted by molar-refractivity contribution is 5.84. The summed E-state index contributed by atoms with van der Waals surface area (Å²) < 4.78 is 5.43. The van der Waals surface area contributed by atoms with Crippen molar-refractivity contribution in [1.29, 1.82) is 0 Å². The molecule has 0 radical (unpaired) electrons. The van der Waals surface area contributed by atoms with Crippen LogP contribution in [0.15, 0.2) is 18.5 Å².